The zero-order valence-electron chi connectivity index (χ0n) is 10.1. The van der Waals surface area contributed by atoms with Crippen LogP contribution in [0.2, 0.25) is 0 Å². The number of nitrogens with zero attached hydrogens (tertiary/aromatic N) is 3. The summed E-state index contributed by atoms with van der Waals surface area (Å²) in [4.78, 5) is 15.4. The fraction of sp³-hybridized carbons (Fsp3) is 0. The van der Waals surface area contributed by atoms with Crippen molar-refractivity contribution in [3.05, 3.63) is 63.6 Å². The molecule has 0 N–H and O–H groups in total. The number of rotatable bonds is 3. The van der Waals surface area contributed by atoms with Crippen molar-refractivity contribution in [2.24, 2.45) is 0 Å². The highest BCUT2D eigenvalue weighted by molar-refractivity contribution is 9.10. The topological polar surface area (TPSA) is 61.0 Å². The second-order valence-electron chi connectivity index (χ2n) is 4.04. The van der Waals surface area contributed by atoms with E-state index in [0.717, 1.165) is 19.9 Å². The summed E-state index contributed by atoms with van der Waals surface area (Å²) in [7, 11) is 0. The van der Waals surface area contributed by atoms with Crippen LogP contribution in [0.25, 0.3) is 15.4 Å². The van der Waals surface area contributed by atoms with Gasteiger partial charge in [0.15, 0.2) is 0 Å². The number of benzene rings is 1. The van der Waals surface area contributed by atoms with Crippen LogP contribution in [0.3, 0.4) is 0 Å². The number of hydrogen-bond donors (Lipinski definition) is 0. The van der Waals surface area contributed by atoms with Crippen molar-refractivity contribution in [2.45, 2.75) is 0 Å². The summed E-state index contributed by atoms with van der Waals surface area (Å²) in [6, 6.07) is 8.58. The normalized spacial score (nSPS) is 10.7. The lowest BCUT2D eigenvalue weighted by Crippen LogP contribution is -1.87. The third-order valence-corrected chi connectivity index (χ3v) is 4.81. The van der Waals surface area contributed by atoms with Gasteiger partial charge in [-0.3, -0.25) is 14.7 Å². The van der Waals surface area contributed by atoms with E-state index in [4.69, 9.17) is 0 Å². The molecule has 0 amide bonds. The Bertz CT molecular complexity index is 768. The van der Waals surface area contributed by atoms with Gasteiger partial charge in [0, 0.05) is 29.4 Å². The van der Waals surface area contributed by atoms with Crippen LogP contribution in [-0.4, -0.2) is 14.5 Å². The molecule has 0 atom stereocenters. The Labute approximate surface area is 126 Å². The van der Waals surface area contributed by atoms with E-state index in [0.29, 0.717) is 0 Å². The minimum atomic E-state index is -0.386. The third kappa shape index (κ3) is 2.37. The number of aromatic nitrogens is 2. The SMILES string of the molecule is O=[N+]([O-])c1cccc(-c2cc(Br)c(-n3ccnc3)s2)c1. The highest BCUT2D eigenvalue weighted by Gasteiger charge is 2.12. The van der Waals surface area contributed by atoms with E-state index in [9.17, 15) is 10.1 Å². The van der Waals surface area contributed by atoms with Crippen LogP contribution in [0.4, 0.5) is 5.69 Å². The molecule has 0 fully saturated rings. The average molecular weight is 350 g/mol. The smallest absolute Gasteiger partial charge is 0.270 e. The van der Waals surface area contributed by atoms with Gasteiger partial charge in [0.1, 0.15) is 5.00 Å². The lowest BCUT2D eigenvalue weighted by atomic mass is 10.2. The number of thiophene rings is 1. The summed E-state index contributed by atoms with van der Waals surface area (Å²) in [6.45, 7) is 0. The molecule has 5 nitrogen and oxygen atoms in total. The molecule has 0 radical (unpaired) electrons. The van der Waals surface area contributed by atoms with Crippen LogP contribution < -0.4 is 0 Å². The molecule has 0 aliphatic rings. The molecule has 0 aliphatic carbocycles. The van der Waals surface area contributed by atoms with E-state index < -0.39 is 0 Å². The summed E-state index contributed by atoms with van der Waals surface area (Å²) in [5, 5.41) is 11.8. The summed E-state index contributed by atoms with van der Waals surface area (Å²) in [5.74, 6) is 0. The Morgan fingerprint density at radius 1 is 1.35 bits per heavy atom. The van der Waals surface area contributed by atoms with Gasteiger partial charge in [0.2, 0.25) is 0 Å². The zero-order valence-corrected chi connectivity index (χ0v) is 12.5. The number of nitro benzene ring substituents is 1. The van der Waals surface area contributed by atoms with Crippen LogP contribution >= 0.6 is 27.3 Å². The molecule has 0 aliphatic heterocycles. The van der Waals surface area contributed by atoms with E-state index in [1.807, 2.05) is 22.9 Å². The molecule has 0 bridgehead atoms. The molecule has 7 heteroatoms. The van der Waals surface area contributed by atoms with Gasteiger partial charge < -0.3 is 0 Å². The number of imidazole rings is 1. The number of hydrogen-bond acceptors (Lipinski definition) is 4. The monoisotopic (exact) mass is 349 g/mol. The molecule has 0 saturated carbocycles. The first-order valence-electron chi connectivity index (χ1n) is 5.67. The zero-order chi connectivity index (χ0) is 14.1. The molecule has 3 rings (SSSR count). The van der Waals surface area contributed by atoms with E-state index in [-0.39, 0.29) is 10.6 Å². The molecule has 100 valence electrons. The molecule has 3 aromatic rings. The summed E-state index contributed by atoms with van der Waals surface area (Å²) < 4.78 is 2.83. The Balaban J connectivity index is 2.05. The van der Waals surface area contributed by atoms with Gasteiger partial charge in [-0.25, -0.2) is 4.98 Å². The lowest BCUT2D eigenvalue weighted by Gasteiger charge is -1.98. The molecule has 1 aromatic carbocycles. The van der Waals surface area contributed by atoms with Crippen molar-refractivity contribution >= 4 is 33.0 Å². The highest BCUT2D eigenvalue weighted by Crippen LogP contribution is 2.37. The minimum Gasteiger partial charge on any atom is -0.297 e. The second kappa shape index (κ2) is 5.18. The molecule has 0 unspecified atom stereocenters. The quantitative estimate of drug-likeness (QED) is 0.523. The van der Waals surface area contributed by atoms with Crippen molar-refractivity contribution in [2.75, 3.05) is 0 Å². The number of non-ortho nitro benzene ring substituents is 1. The first-order valence-corrected chi connectivity index (χ1v) is 7.28. The average Bonchev–Trinajstić information content (AvgIpc) is 3.07. The minimum absolute atomic E-state index is 0.0937. The van der Waals surface area contributed by atoms with Gasteiger partial charge in [0.05, 0.1) is 15.7 Å². The van der Waals surface area contributed by atoms with Crippen molar-refractivity contribution in [1.82, 2.24) is 9.55 Å². The predicted octanol–water partition coefficient (Wildman–Crippen LogP) is 4.27. The van der Waals surface area contributed by atoms with E-state index in [1.165, 1.54) is 6.07 Å². The Kier molecular flexibility index (Phi) is 3.37. The van der Waals surface area contributed by atoms with Crippen LogP contribution in [0, 0.1) is 10.1 Å². The predicted molar refractivity (Wildman–Crippen MR) is 81.2 cm³/mol. The molecule has 0 spiro atoms. The number of nitro groups is 1. The fourth-order valence-electron chi connectivity index (χ4n) is 1.83. The van der Waals surface area contributed by atoms with Gasteiger partial charge in [0.25, 0.3) is 5.69 Å². The molecule has 2 heterocycles. The van der Waals surface area contributed by atoms with Crippen LogP contribution in [0.5, 0.6) is 0 Å². The summed E-state index contributed by atoms with van der Waals surface area (Å²) in [5.41, 5.74) is 0.924. The van der Waals surface area contributed by atoms with E-state index in [2.05, 4.69) is 20.9 Å². The first-order chi connectivity index (χ1) is 9.65. The Morgan fingerprint density at radius 3 is 2.90 bits per heavy atom. The molecule has 2 aromatic heterocycles. The van der Waals surface area contributed by atoms with Crippen LogP contribution in [0.15, 0.2) is 53.5 Å². The lowest BCUT2D eigenvalue weighted by molar-refractivity contribution is -0.384. The van der Waals surface area contributed by atoms with Crippen molar-refractivity contribution in [3.63, 3.8) is 0 Å². The molecule has 20 heavy (non-hydrogen) atoms. The van der Waals surface area contributed by atoms with Gasteiger partial charge in [-0.05, 0) is 27.6 Å². The molecule has 0 saturated heterocycles. The van der Waals surface area contributed by atoms with Gasteiger partial charge in [-0.2, -0.15) is 0 Å². The maximum absolute atomic E-state index is 10.8. The van der Waals surface area contributed by atoms with Crippen molar-refractivity contribution in [1.29, 1.82) is 0 Å². The van der Waals surface area contributed by atoms with E-state index >= 15 is 0 Å². The standard InChI is InChI=1S/C13H8BrN3O2S/c14-11-7-12(20-13(11)16-5-4-15-8-16)9-2-1-3-10(6-9)17(18)19/h1-8H. The largest absolute Gasteiger partial charge is 0.297 e. The van der Waals surface area contributed by atoms with Crippen molar-refractivity contribution in [3.8, 4) is 15.4 Å². The maximum Gasteiger partial charge on any atom is 0.270 e. The molecular formula is C13H8BrN3O2S. The maximum atomic E-state index is 10.8. The van der Waals surface area contributed by atoms with Crippen LogP contribution in [-0.2, 0) is 0 Å². The molecular weight excluding hydrogens is 342 g/mol. The van der Waals surface area contributed by atoms with Crippen LogP contribution in [0.1, 0.15) is 0 Å². The van der Waals surface area contributed by atoms with Gasteiger partial charge >= 0.3 is 0 Å². The van der Waals surface area contributed by atoms with E-state index in [1.54, 1.807) is 36.0 Å². The van der Waals surface area contributed by atoms with Gasteiger partial charge in [-0.1, -0.05) is 12.1 Å². The Hall–Kier alpha value is -1.99. The van der Waals surface area contributed by atoms with Crippen molar-refractivity contribution < 1.29 is 4.92 Å². The summed E-state index contributed by atoms with van der Waals surface area (Å²) >= 11 is 5.06. The Morgan fingerprint density at radius 2 is 2.20 bits per heavy atom. The number of halogens is 1. The highest BCUT2D eigenvalue weighted by atomic mass is 79.9. The second-order valence-corrected chi connectivity index (χ2v) is 5.93. The fourth-order valence-corrected chi connectivity index (χ4v) is 3.66. The van der Waals surface area contributed by atoms with Gasteiger partial charge in [-0.15, -0.1) is 11.3 Å². The third-order valence-electron chi connectivity index (χ3n) is 2.75. The summed E-state index contributed by atoms with van der Waals surface area (Å²) in [6.07, 6.45) is 5.28. The first kappa shape index (κ1) is 13.0.